The van der Waals surface area contributed by atoms with Crippen molar-refractivity contribution in [3.63, 3.8) is 0 Å². The fourth-order valence-electron chi connectivity index (χ4n) is 4.18. The van der Waals surface area contributed by atoms with E-state index in [4.69, 9.17) is 9.47 Å². The molecule has 3 amide bonds. The third-order valence-corrected chi connectivity index (χ3v) is 6.84. The number of anilines is 1. The number of amides is 3. The number of hydrogen-bond donors (Lipinski definition) is 1. The SMILES string of the molecule is CCOc1ccc(NC(=O)CN2C(=O)S/C(=C/c3cc(C)n(-c4ccccc4C(=O)OC)c3C)C2=O)cc1. The van der Waals surface area contributed by atoms with Crippen molar-refractivity contribution in [1.29, 1.82) is 0 Å². The molecule has 10 heteroatoms. The number of thioether (sulfide) groups is 1. The standard InChI is InChI=1S/C28H27N3O6S/c1-5-37-21-12-10-20(11-13-21)29-25(32)16-30-26(33)24(38-28(30)35)15-19-14-17(2)31(18(19)3)23-9-7-6-8-22(23)27(34)36-4/h6-15H,5,16H2,1-4H3,(H,29,32)/b24-15+. The largest absolute Gasteiger partial charge is 0.494 e. The van der Waals surface area contributed by atoms with Gasteiger partial charge in [-0.2, -0.15) is 0 Å². The summed E-state index contributed by atoms with van der Waals surface area (Å²) in [6.45, 7) is 5.75. The molecule has 38 heavy (non-hydrogen) atoms. The summed E-state index contributed by atoms with van der Waals surface area (Å²) in [4.78, 5) is 51.6. The summed E-state index contributed by atoms with van der Waals surface area (Å²) >= 11 is 0.782. The molecule has 2 heterocycles. The van der Waals surface area contributed by atoms with Crippen molar-refractivity contribution >= 4 is 46.5 Å². The molecular weight excluding hydrogens is 506 g/mol. The first kappa shape index (κ1) is 26.7. The van der Waals surface area contributed by atoms with E-state index >= 15 is 0 Å². The number of carbonyl (C=O) groups is 4. The molecule has 196 valence electrons. The Hall–Kier alpha value is -4.31. The summed E-state index contributed by atoms with van der Waals surface area (Å²) < 4.78 is 12.2. The Balaban J connectivity index is 1.52. The molecule has 1 aliphatic heterocycles. The van der Waals surface area contributed by atoms with Gasteiger partial charge in [-0.25, -0.2) is 4.79 Å². The third-order valence-electron chi connectivity index (χ3n) is 5.93. The lowest BCUT2D eigenvalue weighted by Crippen LogP contribution is -2.36. The van der Waals surface area contributed by atoms with E-state index in [0.717, 1.165) is 28.0 Å². The van der Waals surface area contributed by atoms with Crippen LogP contribution in [0.5, 0.6) is 5.75 Å². The Labute approximate surface area is 224 Å². The minimum atomic E-state index is -0.540. The first-order valence-electron chi connectivity index (χ1n) is 11.9. The minimum Gasteiger partial charge on any atom is -0.494 e. The van der Waals surface area contributed by atoms with Gasteiger partial charge in [0.2, 0.25) is 5.91 Å². The molecule has 1 saturated heterocycles. The number of benzene rings is 2. The van der Waals surface area contributed by atoms with Crippen LogP contribution in [-0.2, 0) is 14.3 Å². The second-order valence-corrected chi connectivity index (χ2v) is 9.44. The number of nitrogens with one attached hydrogen (secondary N) is 1. The average molecular weight is 534 g/mol. The zero-order chi connectivity index (χ0) is 27.4. The van der Waals surface area contributed by atoms with Crippen LogP contribution >= 0.6 is 11.8 Å². The molecule has 0 aliphatic carbocycles. The van der Waals surface area contributed by atoms with Crippen LogP contribution in [0.25, 0.3) is 11.8 Å². The topological polar surface area (TPSA) is 107 Å². The molecule has 3 aromatic rings. The summed E-state index contributed by atoms with van der Waals surface area (Å²) in [5.74, 6) is -0.814. The van der Waals surface area contributed by atoms with Crippen LogP contribution in [0.15, 0.2) is 59.5 Å². The second kappa shape index (κ2) is 11.4. The van der Waals surface area contributed by atoms with Crippen molar-refractivity contribution in [1.82, 2.24) is 9.47 Å². The van der Waals surface area contributed by atoms with Crippen molar-refractivity contribution in [3.8, 4) is 11.4 Å². The van der Waals surface area contributed by atoms with E-state index in [1.54, 1.807) is 42.5 Å². The number of aryl methyl sites for hydroxylation is 1. The molecular formula is C28H27N3O6S. The summed E-state index contributed by atoms with van der Waals surface area (Å²) in [7, 11) is 1.33. The Morgan fingerprint density at radius 3 is 2.45 bits per heavy atom. The number of ether oxygens (including phenoxy) is 2. The van der Waals surface area contributed by atoms with Gasteiger partial charge in [-0.1, -0.05) is 12.1 Å². The smallest absolute Gasteiger partial charge is 0.339 e. The van der Waals surface area contributed by atoms with Crippen molar-refractivity contribution in [2.24, 2.45) is 0 Å². The van der Waals surface area contributed by atoms with Crippen LogP contribution in [-0.4, -0.2) is 52.8 Å². The maximum absolute atomic E-state index is 13.0. The normalized spacial score (nSPS) is 14.2. The molecule has 0 unspecified atom stereocenters. The second-order valence-electron chi connectivity index (χ2n) is 8.44. The summed E-state index contributed by atoms with van der Waals surface area (Å²) in [5, 5.41) is 2.17. The van der Waals surface area contributed by atoms with Crippen molar-refractivity contribution in [3.05, 3.63) is 82.0 Å². The van der Waals surface area contributed by atoms with Crippen molar-refractivity contribution < 1.29 is 28.7 Å². The Kier molecular flexibility index (Phi) is 8.02. The molecule has 0 atom stereocenters. The maximum Gasteiger partial charge on any atom is 0.339 e. The Bertz CT molecular complexity index is 1440. The van der Waals surface area contributed by atoms with Gasteiger partial charge in [0.15, 0.2) is 0 Å². The van der Waals surface area contributed by atoms with Gasteiger partial charge in [0, 0.05) is 17.1 Å². The van der Waals surface area contributed by atoms with Crippen molar-refractivity contribution in [2.75, 3.05) is 25.6 Å². The molecule has 1 N–H and O–H groups in total. The van der Waals surface area contributed by atoms with Gasteiger partial charge in [0.05, 0.1) is 29.9 Å². The van der Waals surface area contributed by atoms with Gasteiger partial charge < -0.3 is 19.4 Å². The van der Waals surface area contributed by atoms with Crippen LogP contribution in [0.3, 0.4) is 0 Å². The first-order valence-corrected chi connectivity index (χ1v) is 12.7. The fraction of sp³-hybridized carbons (Fsp3) is 0.214. The van der Waals surface area contributed by atoms with Crippen LogP contribution < -0.4 is 10.1 Å². The van der Waals surface area contributed by atoms with Crippen LogP contribution in [0.4, 0.5) is 10.5 Å². The minimum absolute atomic E-state index is 0.213. The number of para-hydroxylation sites is 1. The molecule has 0 spiro atoms. The maximum atomic E-state index is 13.0. The van der Waals surface area contributed by atoms with Gasteiger partial charge >= 0.3 is 5.97 Å². The summed E-state index contributed by atoms with van der Waals surface area (Å²) in [6, 6.07) is 15.8. The average Bonchev–Trinajstić information content (AvgIpc) is 3.33. The van der Waals surface area contributed by atoms with E-state index in [9.17, 15) is 19.2 Å². The number of nitrogens with zero attached hydrogens (tertiary/aromatic N) is 2. The fourth-order valence-corrected chi connectivity index (χ4v) is 5.01. The van der Waals surface area contributed by atoms with Crippen molar-refractivity contribution in [2.45, 2.75) is 20.8 Å². The molecule has 0 radical (unpaired) electrons. The molecule has 1 aromatic heterocycles. The number of methoxy groups -OCH3 is 1. The van der Waals surface area contributed by atoms with Gasteiger partial charge in [0.25, 0.3) is 11.1 Å². The molecule has 1 fully saturated rings. The molecule has 9 nitrogen and oxygen atoms in total. The number of imide groups is 1. The molecule has 2 aromatic carbocycles. The predicted molar refractivity (Wildman–Crippen MR) is 146 cm³/mol. The van der Waals surface area contributed by atoms with Crippen LogP contribution in [0, 0.1) is 13.8 Å². The predicted octanol–water partition coefficient (Wildman–Crippen LogP) is 4.95. The van der Waals surface area contributed by atoms with E-state index in [-0.39, 0.29) is 4.91 Å². The number of hydrogen-bond acceptors (Lipinski definition) is 7. The lowest BCUT2D eigenvalue weighted by atomic mass is 10.1. The monoisotopic (exact) mass is 533 g/mol. The first-order chi connectivity index (χ1) is 18.2. The number of carbonyl (C=O) groups excluding carboxylic acids is 4. The highest BCUT2D eigenvalue weighted by molar-refractivity contribution is 8.18. The Morgan fingerprint density at radius 1 is 1.05 bits per heavy atom. The molecule has 0 saturated carbocycles. The Morgan fingerprint density at radius 2 is 1.76 bits per heavy atom. The van der Waals surface area contributed by atoms with E-state index in [2.05, 4.69) is 5.32 Å². The lowest BCUT2D eigenvalue weighted by Gasteiger charge is -2.13. The van der Waals surface area contributed by atoms with Crippen LogP contribution in [0.1, 0.15) is 34.2 Å². The zero-order valence-corrected chi connectivity index (χ0v) is 22.3. The zero-order valence-electron chi connectivity index (χ0n) is 21.4. The quantitative estimate of drug-likeness (QED) is 0.322. The summed E-state index contributed by atoms with van der Waals surface area (Å²) in [5.41, 5.74) is 3.90. The highest BCUT2D eigenvalue weighted by atomic mass is 32.2. The molecule has 1 aliphatic rings. The molecule has 4 rings (SSSR count). The highest BCUT2D eigenvalue weighted by Crippen LogP contribution is 2.34. The van der Waals surface area contributed by atoms with Crippen LogP contribution in [0.2, 0.25) is 0 Å². The third kappa shape index (κ3) is 5.50. The van der Waals surface area contributed by atoms with E-state index in [0.29, 0.717) is 34.9 Å². The van der Waals surface area contributed by atoms with Gasteiger partial charge in [-0.15, -0.1) is 0 Å². The van der Waals surface area contributed by atoms with Gasteiger partial charge in [-0.05, 0) is 86.6 Å². The number of aromatic nitrogens is 1. The van der Waals surface area contributed by atoms with E-state index in [1.165, 1.54) is 7.11 Å². The summed E-state index contributed by atoms with van der Waals surface area (Å²) in [6.07, 6.45) is 1.63. The van der Waals surface area contributed by atoms with E-state index < -0.39 is 29.6 Å². The highest BCUT2D eigenvalue weighted by Gasteiger charge is 2.36. The molecule has 0 bridgehead atoms. The van der Waals surface area contributed by atoms with Gasteiger partial charge in [-0.3, -0.25) is 19.3 Å². The number of esters is 1. The van der Waals surface area contributed by atoms with E-state index in [1.807, 2.05) is 43.5 Å². The van der Waals surface area contributed by atoms with Gasteiger partial charge in [0.1, 0.15) is 12.3 Å². The number of rotatable bonds is 8. The lowest BCUT2D eigenvalue weighted by molar-refractivity contribution is -0.127.